The lowest BCUT2D eigenvalue weighted by molar-refractivity contribution is -0.120. The van der Waals surface area contributed by atoms with Crippen molar-refractivity contribution in [1.29, 1.82) is 0 Å². The molecule has 33 heavy (non-hydrogen) atoms. The summed E-state index contributed by atoms with van der Waals surface area (Å²) in [6.45, 7) is 3.85. The van der Waals surface area contributed by atoms with E-state index in [4.69, 9.17) is 8.83 Å². The number of aryl methyl sites for hydroxylation is 4. The van der Waals surface area contributed by atoms with Gasteiger partial charge in [0.2, 0.25) is 5.91 Å². The maximum Gasteiger partial charge on any atom is 0.340 e. The summed E-state index contributed by atoms with van der Waals surface area (Å²) in [4.78, 5) is 25.4. The minimum Gasteiger partial charge on any atom is -0.460 e. The summed E-state index contributed by atoms with van der Waals surface area (Å²) < 4.78 is 11.8. The lowest BCUT2D eigenvalue weighted by Gasteiger charge is -2.13. The molecule has 0 unspecified atom stereocenters. The van der Waals surface area contributed by atoms with E-state index in [9.17, 15) is 14.7 Å². The Morgan fingerprint density at radius 2 is 1.76 bits per heavy atom. The Kier molecular flexibility index (Phi) is 5.54. The van der Waals surface area contributed by atoms with Crippen molar-refractivity contribution < 1.29 is 18.7 Å². The lowest BCUT2D eigenvalue weighted by atomic mass is 9.93. The average molecular weight is 446 g/mol. The molecule has 0 saturated carbocycles. The molecule has 170 valence electrons. The van der Waals surface area contributed by atoms with Gasteiger partial charge in [-0.1, -0.05) is 30.3 Å². The molecule has 2 aromatic heterocycles. The number of benzene rings is 2. The fraction of sp³-hybridized carbons (Fsp3) is 0.333. The molecule has 1 aliphatic rings. The van der Waals surface area contributed by atoms with Crippen LogP contribution in [0.3, 0.4) is 0 Å². The smallest absolute Gasteiger partial charge is 0.340 e. The fourth-order valence-electron chi connectivity index (χ4n) is 4.85. The maximum absolute atomic E-state index is 12.8. The molecule has 0 aliphatic heterocycles. The molecule has 0 spiro atoms. The normalized spacial score (nSPS) is 14.4. The van der Waals surface area contributed by atoms with Crippen LogP contribution in [0, 0.1) is 13.8 Å². The number of carbonyl (C=O) groups is 1. The first-order chi connectivity index (χ1) is 15.9. The van der Waals surface area contributed by atoms with Gasteiger partial charge in [0.15, 0.2) is 0 Å². The van der Waals surface area contributed by atoms with Crippen LogP contribution in [-0.2, 0) is 24.1 Å². The molecule has 2 heterocycles. The SMILES string of the molecule is Cc1c(CC(=O)NC[C@@H](O)c2ccccc2)c(=O)oc2c(C)c3oc4c(c3cc12)CCCC4. The summed E-state index contributed by atoms with van der Waals surface area (Å²) in [5.41, 5.74) is 4.66. The zero-order chi connectivity index (χ0) is 23.1. The van der Waals surface area contributed by atoms with E-state index < -0.39 is 11.7 Å². The standard InChI is InChI=1S/C27H27NO5/c1-15-19-12-21-18-10-6-7-11-23(18)32-26(21)16(2)25(19)33-27(31)20(15)13-24(30)28-14-22(29)17-8-4-3-5-9-17/h3-5,8-9,12,22,29H,6-7,10-11,13-14H2,1-2H3,(H,28,30)/t22-/m1/s1. The molecule has 2 aromatic carbocycles. The molecule has 1 aliphatic carbocycles. The van der Waals surface area contributed by atoms with Gasteiger partial charge < -0.3 is 19.3 Å². The van der Waals surface area contributed by atoms with Crippen LogP contribution in [-0.4, -0.2) is 17.6 Å². The van der Waals surface area contributed by atoms with E-state index >= 15 is 0 Å². The van der Waals surface area contributed by atoms with E-state index in [2.05, 4.69) is 5.32 Å². The average Bonchev–Trinajstić information content (AvgIpc) is 3.21. The van der Waals surface area contributed by atoms with Gasteiger partial charge in [-0.3, -0.25) is 4.79 Å². The summed E-state index contributed by atoms with van der Waals surface area (Å²) in [6.07, 6.45) is 3.27. The lowest BCUT2D eigenvalue weighted by Crippen LogP contribution is -2.31. The number of amides is 1. The number of nitrogens with one attached hydrogen (secondary N) is 1. The first-order valence-corrected chi connectivity index (χ1v) is 11.4. The number of furan rings is 1. The van der Waals surface area contributed by atoms with Crippen LogP contribution < -0.4 is 10.9 Å². The number of aliphatic hydroxyl groups is 1. The van der Waals surface area contributed by atoms with E-state index in [0.717, 1.165) is 64.5 Å². The molecule has 0 saturated heterocycles. The molecule has 0 radical (unpaired) electrons. The van der Waals surface area contributed by atoms with Crippen LogP contribution in [0.4, 0.5) is 0 Å². The first-order valence-electron chi connectivity index (χ1n) is 11.4. The monoisotopic (exact) mass is 445 g/mol. The second kappa shape index (κ2) is 8.52. The Labute approximate surface area is 191 Å². The largest absolute Gasteiger partial charge is 0.460 e. The first kappa shape index (κ1) is 21.5. The van der Waals surface area contributed by atoms with Crippen molar-refractivity contribution in [3.05, 3.63) is 80.4 Å². The van der Waals surface area contributed by atoms with Crippen LogP contribution >= 0.6 is 0 Å². The van der Waals surface area contributed by atoms with Crippen molar-refractivity contribution in [1.82, 2.24) is 5.32 Å². The van der Waals surface area contributed by atoms with Gasteiger partial charge >= 0.3 is 5.63 Å². The molecule has 4 aromatic rings. The quantitative estimate of drug-likeness (QED) is 0.444. The summed E-state index contributed by atoms with van der Waals surface area (Å²) in [7, 11) is 0. The fourth-order valence-corrected chi connectivity index (χ4v) is 4.85. The molecule has 6 heteroatoms. The number of rotatable bonds is 5. The molecule has 1 atom stereocenters. The maximum atomic E-state index is 12.8. The van der Waals surface area contributed by atoms with E-state index in [-0.39, 0.29) is 18.9 Å². The van der Waals surface area contributed by atoms with E-state index in [1.165, 1.54) is 5.56 Å². The summed E-state index contributed by atoms with van der Waals surface area (Å²) in [5.74, 6) is 0.699. The predicted molar refractivity (Wildman–Crippen MR) is 126 cm³/mol. The Bertz CT molecular complexity index is 1410. The molecule has 2 N–H and O–H groups in total. The van der Waals surface area contributed by atoms with Crippen LogP contribution in [0.1, 0.15) is 52.5 Å². The van der Waals surface area contributed by atoms with Gasteiger partial charge in [0.05, 0.1) is 18.1 Å². The van der Waals surface area contributed by atoms with Gasteiger partial charge in [0.1, 0.15) is 16.9 Å². The number of carbonyl (C=O) groups excluding carboxylic acids is 1. The molecular formula is C27H27NO5. The van der Waals surface area contributed by atoms with Crippen molar-refractivity contribution in [2.24, 2.45) is 0 Å². The molecule has 5 rings (SSSR count). The summed E-state index contributed by atoms with van der Waals surface area (Å²) >= 11 is 0. The van der Waals surface area contributed by atoms with E-state index in [1.807, 2.05) is 38.1 Å². The van der Waals surface area contributed by atoms with E-state index in [1.54, 1.807) is 12.1 Å². The number of hydrogen-bond donors (Lipinski definition) is 2. The van der Waals surface area contributed by atoms with Crippen molar-refractivity contribution in [3.8, 4) is 0 Å². The third kappa shape index (κ3) is 3.85. The van der Waals surface area contributed by atoms with Gasteiger partial charge in [0.25, 0.3) is 0 Å². The Hall–Kier alpha value is -3.38. The van der Waals surface area contributed by atoms with Crippen LogP contribution in [0.15, 0.2) is 50.0 Å². The predicted octanol–water partition coefficient (Wildman–Crippen LogP) is 4.43. The molecule has 0 fully saturated rings. The van der Waals surface area contributed by atoms with Crippen LogP contribution in [0.2, 0.25) is 0 Å². The van der Waals surface area contributed by atoms with Crippen molar-refractivity contribution in [2.75, 3.05) is 6.54 Å². The summed E-state index contributed by atoms with van der Waals surface area (Å²) in [5, 5.41) is 14.9. The van der Waals surface area contributed by atoms with Gasteiger partial charge in [-0.05, 0) is 50.3 Å². The molecule has 1 amide bonds. The van der Waals surface area contributed by atoms with Crippen molar-refractivity contribution in [2.45, 2.75) is 52.1 Å². The second-order valence-electron chi connectivity index (χ2n) is 8.87. The third-order valence-corrected chi connectivity index (χ3v) is 6.74. The molecular weight excluding hydrogens is 418 g/mol. The van der Waals surface area contributed by atoms with Crippen molar-refractivity contribution in [3.63, 3.8) is 0 Å². The Morgan fingerprint density at radius 3 is 2.55 bits per heavy atom. The van der Waals surface area contributed by atoms with Gasteiger partial charge in [-0.2, -0.15) is 0 Å². The van der Waals surface area contributed by atoms with Gasteiger partial charge in [-0.25, -0.2) is 4.79 Å². The Balaban J connectivity index is 1.45. The Morgan fingerprint density at radius 1 is 1.03 bits per heavy atom. The topological polar surface area (TPSA) is 92.7 Å². The second-order valence-corrected chi connectivity index (χ2v) is 8.87. The highest BCUT2D eigenvalue weighted by Gasteiger charge is 2.23. The van der Waals surface area contributed by atoms with Crippen molar-refractivity contribution >= 4 is 27.8 Å². The van der Waals surface area contributed by atoms with Crippen LogP contribution in [0.5, 0.6) is 0 Å². The third-order valence-electron chi connectivity index (χ3n) is 6.74. The van der Waals surface area contributed by atoms with E-state index in [0.29, 0.717) is 11.1 Å². The van der Waals surface area contributed by atoms with Crippen LogP contribution in [0.25, 0.3) is 21.9 Å². The number of aliphatic hydroxyl groups excluding tert-OH is 1. The highest BCUT2D eigenvalue weighted by atomic mass is 16.4. The highest BCUT2D eigenvalue weighted by Crippen LogP contribution is 2.37. The minimum absolute atomic E-state index is 0.0711. The minimum atomic E-state index is -0.813. The molecule has 0 bridgehead atoms. The van der Waals surface area contributed by atoms with Gasteiger partial charge in [0, 0.05) is 34.9 Å². The van der Waals surface area contributed by atoms with Gasteiger partial charge in [-0.15, -0.1) is 0 Å². The summed E-state index contributed by atoms with van der Waals surface area (Å²) in [6, 6.07) is 11.2. The number of fused-ring (bicyclic) bond motifs is 4. The zero-order valence-corrected chi connectivity index (χ0v) is 18.9. The zero-order valence-electron chi connectivity index (χ0n) is 18.9. The number of hydrogen-bond acceptors (Lipinski definition) is 5. The molecule has 6 nitrogen and oxygen atoms in total. The highest BCUT2D eigenvalue weighted by molar-refractivity contribution is 6.00.